The van der Waals surface area contributed by atoms with E-state index in [-0.39, 0.29) is 18.6 Å². The number of nitrogens with one attached hydrogen (secondary N) is 2. The van der Waals surface area contributed by atoms with Crippen molar-refractivity contribution in [3.8, 4) is 11.5 Å². The van der Waals surface area contributed by atoms with E-state index in [9.17, 15) is 0 Å². The van der Waals surface area contributed by atoms with Crippen LogP contribution in [0.3, 0.4) is 0 Å². The van der Waals surface area contributed by atoms with Gasteiger partial charge in [0.15, 0.2) is 12.4 Å². The second-order valence-corrected chi connectivity index (χ2v) is 7.38. The average molecular weight is 435 g/mol. The number of nitrogen functional groups attached to an aromatic ring is 1. The molecule has 0 saturated carbocycles. The maximum Gasteiger partial charge on any atom is 0.284 e. The van der Waals surface area contributed by atoms with Crippen LogP contribution in [0.1, 0.15) is 5.82 Å². The normalized spacial score (nSPS) is 14.1. The monoisotopic (exact) mass is 434 g/mol. The van der Waals surface area contributed by atoms with Gasteiger partial charge in [-0.3, -0.25) is 5.41 Å². The Morgan fingerprint density at radius 2 is 1.66 bits per heavy atom. The topological polar surface area (TPSA) is 126 Å². The number of hydrogen-bond acceptors (Lipinski definition) is 9. The molecule has 0 atom stereocenters. The molecule has 0 radical (unpaired) electrons. The maximum absolute atomic E-state index is 8.14. The third-order valence-electron chi connectivity index (χ3n) is 4.92. The molecule has 0 spiro atoms. The largest absolute Gasteiger partial charge is 0.457 e. The molecule has 32 heavy (non-hydrogen) atoms. The summed E-state index contributed by atoms with van der Waals surface area (Å²) in [6, 6.07) is 17.1. The Morgan fingerprint density at radius 3 is 2.38 bits per heavy atom. The van der Waals surface area contributed by atoms with Gasteiger partial charge in [-0.2, -0.15) is 15.0 Å². The van der Waals surface area contributed by atoms with Gasteiger partial charge in [0, 0.05) is 31.9 Å². The number of amidine groups is 1. The SMILES string of the molecule is CN1CCN(C(=N)OCc2nc(N)nc(Nc3ccc(Oc4ccccc4)cc3)n2)CC1. The van der Waals surface area contributed by atoms with E-state index in [2.05, 4.69) is 32.2 Å². The summed E-state index contributed by atoms with van der Waals surface area (Å²) in [5.74, 6) is 2.22. The van der Waals surface area contributed by atoms with Crippen LogP contribution in [0.4, 0.5) is 17.6 Å². The van der Waals surface area contributed by atoms with Crippen molar-refractivity contribution in [2.24, 2.45) is 0 Å². The molecule has 1 aliphatic heterocycles. The number of aromatic nitrogens is 3. The third kappa shape index (κ3) is 5.82. The maximum atomic E-state index is 8.14. The number of rotatable bonds is 6. The van der Waals surface area contributed by atoms with Crippen LogP contribution in [-0.4, -0.2) is 64.0 Å². The zero-order valence-corrected chi connectivity index (χ0v) is 17.9. The summed E-state index contributed by atoms with van der Waals surface area (Å²) in [6.45, 7) is 3.34. The average Bonchev–Trinajstić information content (AvgIpc) is 2.80. The first-order valence-electron chi connectivity index (χ1n) is 10.3. The van der Waals surface area contributed by atoms with E-state index >= 15 is 0 Å². The predicted octanol–water partition coefficient (Wildman–Crippen LogP) is 2.69. The first-order valence-corrected chi connectivity index (χ1v) is 10.3. The lowest BCUT2D eigenvalue weighted by atomic mass is 10.3. The minimum atomic E-state index is 0.0381. The lowest BCUT2D eigenvalue weighted by Gasteiger charge is -2.33. The van der Waals surface area contributed by atoms with Crippen LogP contribution in [0, 0.1) is 5.41 Å². The van der Waals surface area contributed by atoms with Gasteiger partial charge < -0.3 is 30.3 Å². The van der Waals surface area contributed by atoms with Gasteiger partial charge >= 0.3 is 0 Å². The van der Waals surface area contributed by atoms with E-state index in [1.807, 2.05) is 59.5 Å². The number of nitrogens with two attached hydrogens (primary N) is 1. The van der Waals surface area contributed by atoms with Crippen molar-refractivity contribution in [1.29, 1.82) is 5.41 Å². The summed E-state index contributed by atoms with van der Waals surface area (Å²) in [5, 5.41) is 11.2. The Labute approximate surface area is 186 Å². The smallest absolute Gasteiger partial charge is 0.284 e. The van der Waals surface area contributed by atoms with Crippen LogP contribution in [0.15, 0.2) is 54.6 Å². The first-order chi connectivity index (χ1) is 15.5. The van der Waals surface area contributed by atoms with E-state index in [4.69, 9.17) is 20.6 Å². The van der Waals surface area contributed by atoms with Crippen LogP contribution < -0.4 is 15.8 Å². The lowest BCUT2D eigenvalue weighted by molar-refractivity contribution is 0.158. The van der Waals surface area contributed by atoms with Crippen LogP contribution in [0.25, 0.3) is 0 Å². The highest BCUT2D eigenvalue weighted by Gasteiger charge is 2.18. The molecule has 1 aliphatic rings. The minimum Gasteiger partial charge on any atom is -0.457 e. The molecule has 4 rings (SSSR count). The zero-order valence-electron chi connectivity index (χ0n) is 17.9. The van der Waals surface area contributed by atoms with Gasteiger partial charge in [0.1, 0.15) is 11.5 Å². The van der Waals surface area contributed by atoms with Crippen LogP contribution in [0.2, 0.25) is 0 Å². The molecule has 0 amide bonds. The molecule has 3 aromatic rings. The van der Waals surface area contributed by atoms with Crippen molar-refractivity contribution in [1.82, 2.24) is 24.8 Å². The zero-order chi connectivity index (χ0) is 22.3. The van der Waals surface area contributed by atoms with Crippen molar-refractivity contribution in [2.45, 2.75) is 6.61 Å². The number of likely N-dealkylation sites (N-methyl/N-ethyl adjacent to an activating group) is 1. The van der Waals surface area contributed by atoms with Crippen molar-refractivity contribution >= 4 is 23.6 Å². The molecule has 10 nitrogen and oxygen atoms in total. The highest BCUT2D eigenvalue weighted by molar-refractivity contribution is 5.70. The fraction of sp³-hybridized carbons (Fsp3) is 0.273. The lowest BCUT2D eigenvalue weighted by Crippen LogP contribution is -2.47. The van der Waals surface area contributed by atoms with E-state index in [0.717, 1.165) is 37.6 Å². The number of nitrogens with zero attached hydrogens (tertiary/aromatic N) is 5. The Bertz CT molecular complexity index is 1040. The van der Waals surface area contributed by atoms with E-state index in [1.54, 1.807) is 0 Å². The summed E-state index contributed by atoms with van der Waals surface area (Å²) in [6.07, 6.45) is 0. The molecule has 4 N–H and O–H groups in total. The van der Waals surface area contributed by atoms with Crippen molar-refractivity contribution in [3.05, 3.63) is 60.4 Å². The molecular formula is C22H26N8O2. The summed E-state index contributed by atoms with van der Waals surface area (Å²) in [7, 11) is 2.06. The number of anilines is 3. The molecule has 2 heterocycles. The summed E-state index contributed by atoms with van der Waals surface area (Å²) < 4.78 is 11.4. The number of hydrogen-bond donors (Lipinski definition) is 3. The first kappa shape index (κ1) is 21.3. The number of piperazine rings is 1. The van der Waals surface area contributed by atoms with Crippen molar-refractivity contribution in [3.63, 3.8) is 0 Å². The van der Waals surface area contributed by atoms with Gasteiger partial charge in [-0.1, -0.05) is 18.2 Å². The van der Waals surface area contributed by atoms with Gasteiger partial charge in [-0.15, -0.1) is 0 Å². The minimum absolute atomic E-state index is 0.0381. The highest BCUT2D eigenvalue weighted by Crippen LogP contribution is 2.23. The van der Waals surface area contributed by atoms with Gasteiger partial charge in [-0.25, -0.2) is 0 Å². The number of benzene rings is 2. The summed E-state index contributed by atoms with van der Waals surface area (Å²) >= 11 is 0. The van der Waals surface area contributed by atoms with Crippen LogP contribution in [-0.2, 0) is 11.3 Å². The molecule has 10 heteroatoms. The quantitative estimate of drug-likeness (QED) is 0.396. The van der Waals surface area contributed by atoms with Crippen LogP contribution >= 0.6 is 0 Å². The molecule has 1 fully saturated rings. The predicted molar refractivity (Wildman–Crippen MR) is 122 cm³/mol. The molecule has 1 aromatic heterocycles. The molecular weight excluding hydrogens is 408 g/mol. The second kappa shape index (κ2) is 9.92. The van der Waals surface area contributed by atoms with Crippen molar-refractivity contribution < 1.29 is 9.47 Å². The second-order valence-electron chi connectivity index (χ2n) is 7.38. The molecule has 0 aliphatic carbocycles. The fourth-order valence-electron chi connectivity index (χ4n) is 3.15. The van der Waals surface area contributed by atoms with Gasteiger partial charge in [-0.05, 0) is 43.4 Å². The number of para-hydroxylation sites is 1. The Morgan fingerprint density at radius 1 is 0.969 bits per heavy atom. The summed E-state index contributed by atoms with van der Waals surface area (Å²) in [4.78, 5) is 16.7. The molecule has 1 saturated heterocycles. The Kier molecular flexibility index (Phi) is 6.61. The molecule has 166 valence electrons. The molecule has 2 aromatic carbocycles. The highest BCUT2D eigenvalue weighted by atomic mass is 16.5. The van der Waals surface area contributed by atoms with Gasteiger partial charge in [0.2, 0.25) is 11.9 Å². The number of ether oxygens (including phenoxy) is 2. The van der Waals surface area contributed by atoms with Crippen molar-refractivity contribution in [2.75, 3.05) is 44.3 Å². The van der Waals surface area contributed by atoms with E-state index in [0.29, 0.717) is 17.5 Å². The van der Waals surface area contributed by atoms with E-state index < -0.39 is 0 Å². The Balaban J connectivity index is 1.34. The van der Waals surface area contributed by atoms with Crippen LogP contribution in [0.5, 0.6) is 11.5 Å². The Hall–Kier alpha value is -3.92. The molecule has 0 bridgehead atoms. The molecule has 0 unspecified atom stereocenters. The van der Waals surface area contributed by atoms with E-state index in [1.165, 1.54) is 0 Å². The summed E-state index contributed by atoms with van der Waals surface area (Å²) in [5.41, 5.74) is 6.61. The third-order valence-corrected chi connectivity index (χ3v) is 4.92. The van der Waals surface area contributed by atoms with Gasteiger partial charge in [0.05, 0.1) is 0 Å². The fourth-order valence-corrected chi connectivity index (χ4v) is 3.15. The van der Waals surface area contributed by atoms with Gasteiger partial charge in [0.25, 0.3) is 6.02 Å². The standard InChI is InChI=1S/C22H26N8O2/c1-29-11-13-30(14-12-29)21(24)31-15-19-26-20(23)28-22(27-19)25-16-7-9-18(10-8-16)32-17-5-3-2-4-6-17/h2-10,24H,11-15H2,1H3,(H3,23,25,26,27,28).